The molecular weight excluding hydrogens is 492 g/mol. The first-order valence-electron chi connectivity index (χ1n) is 13.3. The Bertz CT molecular complexity index is 969. The monoisotopic (exact) mass is 536 g/mol. The quantitative estimate of drug-likeness (QED) is 0.515. The third-order valence-corrected chi connectivity index (χ3v) is 7.31. The Morgan fingerprint density at radius 3 is 2.29 bits per heavy atom. The molecule has 11 nitrogen and oxygen atoms in total. The molecule has 0 bridgehead atoms. The molecule has 38 heavy (non-hydrogen) atoms. The predicted molar refractivity (Wildman–Crippen MR) is 142 cm³/mol. The predicted octanol–water partition coefficient (Wildman–Crippen LogP) is 2.96. The lowest BCUT2D eigenvalue weighted by atomic mass is 9.82. The van der Waals surface area contributed by atoms with Crippen LogP contribution in [0.2, 0.25) is 0 Å². The maximum atomic E-state index is 13.9. The van der Waals surface area contributed by atoms with E-state index >= 15 is 0 Å². The van der Waals surface area contributed by atoms with Gasteiger partial charge in [-0.2, -0.15) is 0 Å². The van der Waals surface area contributed by atoms with Crippen LogP contribution >= 0.6 is 0 Å². The molecule has 2 aliphatic heterocycles. The zero-order valence-electron chi connectivity index (χ0n) is 24.2. The van der Waals surface area contributed by atoms with Gasteiger partial charge in [-0.1, -0.05) is 13.8 Å². The van der Waals surface area contributed by atoms with Crippen molar-refractivity contribution in [2.75, 3.05) is 13.6 Å². The fraction of sp³-hybridized carbons (Fsp3) is 0.778. The van der Waals surface area contributed by atoms with Crippen molar-refractivity contribution in [3.63, 3.8) is 0 Å². The normalized spacial score (nSPS) is 24.6. The number of hydrogen-bond acceptors (Lipinski definition) is 6. The average Bonchev–Trinajstić information content (AvgIpc) is 3.19. The summed E-state index contributed by atoms with van der Waals surface area (Å²) in [7, 11) is 1.43. The van der Waals surface area contributed by atoms with Crippen molar-refractivity contribution in [3.05, 3.63) is 0 Å². The fourth-order valence-electron chi connectivity index (χ4n) is 5.00. The highest BCUT2D eigenvalue weighted by molar-refractivity contribution is 6.02. The molecule has 214 valence electrons. The van der Waals surface area contributed by atoms with Crippen LogP contribution in [-0.4, -0.2) is 98.7 Å². The number of rotatable bonds is 6. The van der Waals surface area contributed by atoms with E-state index in [0.29, 0.717) is 32.2 Å². The van der Waals surface area contributed by atoms with Crippen molar-refractivity contribution in [1.82, 2.24) is 14.7 Å². The number of carboxylic acids is 1. The molecule has 0 radical (unpaired) electrons. The van der Waals surface area contributed by atoms with E-state index in [4.69, 9.17) is 4.74 Å². The van der Waals surface area contributed by atoms with Crippen LogP contribution in [0.3, 0.4) is 0 Å². The summed E-state index contributed by atoms with van der Waals surface area (Å²) in [5, 5.41) is 9.78. The summed E-state index contributed by atoms with van der Waals surface area (Å²) in [6.07, 6.45) is 2.15. The highest BCUT2D eigenvalue weighted by atomic mass is 16.6. The van der Waals surface area contributed by atoms with E-state index in [9.17, 15) is 29.1 Å². The second-order valence-electron chi connectivity index (χ2n) is 12.3. The molecule has 4 atom stereocenters. The Morgan fingerprint density at radius 1 is 1.16 bits per heavy atom. The molecule has 2 heterocycles. The third kappa shape index (κ3) is 7.11. The summed E-state index contributed by atoms with van der Waals surface area (Å²) in [5.41, 5.74) is -1.82. The van der Waals surface area contributed by atoms with E-state index in [1.165, 1.54) is 25.1 Å². The molecule has 2 saturated heterocycles. The zero-order chi connectivity index (χ0) is 29.2. The average molecular weight is 537 g/mol. The molecule has 1 unspecified atom stereocenters. The number of fused-ring (bicyclic) bond motifs is 1. The van der Waals surface area contributed by atoms with Gasteiger partial charge in [0.15, 0.2) is 0 Å². The number of aliphatic carboxylic acids is 1. The molecule has 11 heteroatoms. The first kappa shape index (κ1) is 31.2. The molecule has 2 fully saturated rings. The first-order valence-corrected chi connectivity index (χ1v) is 13.3. The number of carbonyl (C=O) groups is 5. The van der Waals surface area contributed by atoms with Gasteiger partial charge in [-0.15, -0.1) is 0 Å². The lowest BCUT2D eigenvalue weighted by Gasteiger charge is -2.47. The lowest BCUT2D eigenvalue weighted by molar-refractivity contribution is -0.156. The first-order chi connectivity index (χ1) is 17.4. The van der Waals surface area contributed by atoms with Crippen LogP contribution < -0.4 is 0 Å². The standard InChI is InChI=1S/C27H44N4O7/c1-16(2)14-21(32)30-13-12-18-10-11-20(24(35)36)31(18)23(34)19(27(30,7)8)15-28-22(33)17(3)29(9)25(37)38-26(4,5)6/h15-20H,10-14H2,1-9H3,(H,35,36)/t17-,18+,19?,20-/m0/s1. The molecule has 2 rings (SSSR count). The van der Waals surface area contributed by atoms with Crippen LogP contribution in [0.1, 0.15) is 81.1 Å². The van der Waals surface area contributed by atoms with E-state index in [1.54, 1.807) is 39.5 Å². The van der Waals surface area contributed by atoms with Gasteiger partial charge in [0.1, 0.15) is 17.7 Å². The summed E-state index contributed by atoms with van der Waals surface area (Å²) in [6, 6.07) is -2.26. The highest BCUT2D eigenvalue weighted by Crippen LogP contribution is 2.36. The second-order valence-corrected chi connectivity index (χ2v) is 12.3. The number of likely N-dealkylation sites (N-methyl/N-ethyl adjacent to an activating group) is 1. The van der Waals surface area contributed by atoms with Crippen molar-refractivity contribution in [2.24, 2.45) is 16.8 Å². The summed E-state index contributed by atoms with van der Waals surface area (Å²) in [6.45, 7) is 14.4. The van der Waals surface area contributed by atoms with Gasteiger partial charge in [-0.05, 0) is 66.7 Å². The molecule has 2 aliphatic rings. The SMILES string of the molecule is CC(C)CC(=O)N1CC[C@H]2CC[C@@H](C(=O)O)N2C(=O)C(C=NC(=O)[C@H](C)N(C)C(=O)OC(C)(C)C)C1(C)C. The van der Waals surface area contributed by atoms with Crippen LogP contribution in [0.4, 0.5) is 4.79 Å². The minimum atomic E-state index is -1.08. The van der Waals surface area contributed by atoms with Crippen LogP contribution in [0.5, 0.6) is 0 Å². The minimum Gasteiger partial charge on any atom is -0.480 e. The smallest absolute Gasteiger partial charge is 0.410 e. The molecule has 4 amide bonds. The van der Waals surface area contributed by atoms with E-state index in [-0.39, 0.29) is 17.9 Å². The Kier molecular flexibility index (Phi) is 9.72. The Labute approximate surface area is 225 Å². The van der Waals surface area contributed by atoms with Crippen LogP contribution in [0.25, 0.3) is 0 Å². The second kappa shape index (κ2) is 11.8. The van der Waals surface area contributed by atoms with Gasteiger partial charge < -0.3 is 19.6 Å². The van der Waals surface area contributed by atoms with Gasteiger partial charge in [0, 0.05) is 32.3 Å². The zero-order valence-corrected chi connectivity index (χ0v) is 24.2. The van der Waals surface area contributed by atoms with Crippen LogP contribution in [-0.2, 0) is 23.9 Å². The molecule has 0 spiro atoms. The lowest BCUT2D eigenvalue weighted by Crippen LogP contribution is -2.62. The maximum Gasteiger partial charge on any atom is 0.410 e. The number of carboxylic acid groups (broad SMARTS) is 1. The molecule has 0 aliphatic carbocycles. The topological polar surface area (TPSA) is 137 Å². The highest BCUT2D eigenvalue weighted by Gasteiger charge is 2.51. The van der Waals surface area contributed by atoms with Gasteiger partial charge >= 0.3 is 12.1 Å². The van der Waals surface area contributed by atoms with Gasteiger partial charge in [-0.3, -0.25) is 19.3 Å². The van der Waals surface area contributed by atoms with Gasteiger partial charge in [0.2, 0.25) is 11.8 Å². The van der Waals surface area contributed by atoms with Gasteiger partial charge in [0.05, 0.1) is 11.5 Å². The minimum absolute atomic E-state index is 0.108. The number of carbonyl (C=O) groups excluding carboxylic acids is 4. The summed E-state index contributed by atoms with van der Waals surface area (Å²) < 4.78 is 5.32. The Balaban J connectivity index is 2.43. The van der Waals surface area contributed by atoms with Crippen LogP contribution in [0, 0.1) is 11.8 Å². The largest absolute Gasteiger partial charge is 0.480 e. The van der Waals surface area contributed by atoms with Crippen molar-refractivity contribution in [3.8, 4) is 0 Å². The van der Waals surface area contributed by atoms with Gasteiger partial charge in [-0.25, -0.2) is 14.6 Å². The van der Waals surface area contributed by atoms with E-state index in [0.717, 1.165) is 4.90 Å². The van der Waals surface area contributed by atoms with Gasteiger partial charge in [0.25, 0.3) is 5.91 Å². The Hall–Kier alpha value is -2.98. The number of ether oxygens (including phenoxy) is 1. The van der Waals surface area contributed by atoms with E-state index in [1.807, 2.05) is 13.8 Å². The number of aliphatic imine (C=N–C) groups is 1. The Morgan fingerprint density at radius 2 is 1.76 bits per heavy atom. The molecular formula is C27H44N4O7. The van der Waals surface area contributed by atoms with Crippen molar-refractivity contribution < 1.29 is 33.8 Å². The third-order valence-electron chi connectivity index (χ3n) is 7.31. The van der Waals surface area contributed by atoms with Crippen molar-refractivity contribution >= 4 is 36.0 Å². The molecule has 0 saturated carbocycles. The maximum absolute atomic E-state index is 13.9. The molecule has 0 aromatic heterocycles. The van der Waals surface area contributed by atoms with E-state index in [2.05, 4.69) is 4.99 Å². The molecule has 0 aromatic rings. The number of amides is 4. The molecule has 0 aromatic carbocycles. The van der Waals surface area contributed by atoms with Crippen molar-refractivity contribution in [2.45, 2.75) is 110 Å². The fourth-order valence-corrected chi connectivity index (χ4v) is 5.00. The molecule has 1 N–H and O–H groups in total. The van der Waals surface area contributed by atoms with Crippen molar-refractivity contribution in [1.29, 1.82) is 0 Å². The number of hydrogen-bond donors (Lipinski definition) is 1. The van der Waals surface area contributed by atoms with Crippen LogP contribution in [0.15, 0.2) is 4.99 Å². The summed E-state index contributed by atoms with van der Waals surface area (Å²) in [5.74, 6) is -3.29. The number of nitrogens with zero attached hydrogens (tertiary/aromatic N) is 4. The summed E-state index contributed by atoms with van der Waals surface area (Å²) >= 11 is 0. The van der Waals surface area contributed by atoms with E-state index < -0.39 is 53.0 Å². The summed E-state index contributed by atoms with van der Waals surface area (Å²) in [4.78, 5) is 72.8.